The highest BCUT2D eigenvalue weighted by molar-refractivity contribution is 7.22. The lowest BCUT2D eigenvalue weighted by Gasteiger charge is -2.11. The van der Waals surface area contributed by atoms with Crippen LogP contribution in [0.25, 0.3) is 15.9 Å². The highest BCUT2D eigenvalue weighted by Gasteiger charge is 2.24. The molecular weight excluding hydrogens is 365 g/mol. The monoisotopic (exact) mass is 381 g/mol. The van der Waals surface area contributed by atoms with Crippen LogP contribution in [0.4, 0.5) is 9.52 Å². The van der Waals surface area contributed by atoms with Crippen LogP contribution in [0.15, 0.2) is 48.5 Å². The Bertz CT molecular complexity index is 1100. The van der Waals surface area contributed by atoms with Gasteiger partial charge in [-0.1, -0.05) is 54.7 Å². The van der Waals surface area contributed by atoms with Gasteiger partial charge in [0.2, 0.25) is 0 Å². The molecule has 0 aliphatic heterocycles. The number of rotatable bonds is 4. The Kier molecular flexibility index (Phi) is 4.41. The standard InChI is InChI=1S/C19H16FN5OS/c1-11(2)17-16(23-24-25(17)14-9-5-3-7-12(14)20)18(26)22-19-21-13-8-4-6-10-15(13)27-19/h3-11H,1-2H3,(H,21,22,26). The summed E-state index contributed by atoms with van der Waals surface area (Å²) in [5, 5.41) is 11.3. The Labute approximate surface area is 158 Å². The molecule has 136 valence electrons. The lowest BCUT2D eigenvalue weighted by Crippen LogP contribution is -2.16. The first-order valence-electron chi connectivity index (χ1n) is 8.42. The summed E-state index contributed by atoms with van der Waals surface area (Å²) >= 11 is 1.38. The van der Waals surface area contributed by atoms with Crippen molar-refractivity contribution in [3.63, 3.8) is 0 Å². The Morgan fingerprint density at radius 2 is 1.89 bits per heavy atom. The van der Waals surface area contributed by atoms with Gasteiger partial charge in [0.1, 0.15) is 11.5 Å². The molecule has 0 aliphatic rings. The molecule has 0 radical (unpaired) electrons. The molecule has 0 atom stereocenters. The van der Waals surface area contributed by atoms with Crippen LogP contribution in [0, 0.1) is 5.82 Å². The summed E-state index contributed by atoms with van der Waals surface area (Å²) in [4.78, 5) is 17.2. The van der Waals surface area contributed by atoms with E-state index < -0.39 is 11.7 Å². The molecule has 0 unspecified atom stereocenters. The summed E-state index contributed by atoms with van der Waals surface area (Å²) in [5.74, 6) is -0.932. The van der Waals surface area contributed by atoms with E-state index in [4.69, 9.17) is 0 Å². The fourth-order valence-electron chi connectivity index (χ4n) is 2.85. The maximum absolute atomic E-state index is 14.2. The minimum atomic E-state index is -0.428. The third-order valence-corrected chi connectivity index (χ3v) is 5.01. The first kappa shape index (κ1) is 17.3. The van der Waals surface area contributed by atoms with E-state index in [1.165, 1.54) is 22.1 Å². The van der Waals surface area contributed by atoms with Gasteiger partial charge in [0.05, 0.1) is 15.9 Å². The molecule has 4 aromatic rings. The summed E-state index contributed by atoms with van der Waals surface area (Å²) in [7, 11) is 0. The molecule has 4 rings (SSSR count). The predicted molar refractivity (Wildman–Crippen MR) is 103 cm³/mol. The number of anilines is 1. The quantitative estimate of drug-likeness (QED) is 0.569. The minimum Gasteiger partial charge on any atom is -0.296 e. The number of nitrogens with one attached hydrogen (secondary N) is 1. The second kappa shape index (κ2) is 6.88. The van der Waals surface area contributed by atoms with E-state index in [2.05, 4.69) is 20.6 Å². The zero-order valence-electron chi connectivity index (χ0n) is 14.7. The Morgan fingerprint density at radius 3 is 2.63 bits per heavy atom. The van der Waals surface area contributed by atoms with Crippen molar-refractivity contribution in [3.05, 3.63) is 65.7 Å². The van der Waals surface area contributed by atoms with Crippen molar-refractivity contribution in [2.75, 3.05) is 5.32 Å². The van der Waals surface area contributed by atoms with Gasteiger partial charge in [-0.2, -0.15) is 0 Å². The van der Waals surface area contributed by atoms with Crippen LogP contribution >= 0.6 is 11.3 Å². The number of carbonyl (C=O) groups excluding carboxylic acids is 1. The number of fused-ring (bicyclic) bond motifs is 1. The second-order valence-corrected chi connectivity index (χ2v) is 7.31. The van der Waals surface area contributed by atoms with Gasteiger partial charge in [0.25, 0.3) is 5.91 Å². The molecule has 8 heteroatoms. The van der Waals surface area contributed by atoms with Crippen molar-refractivity contribution in [1.82, 2.24) is 20.0 Å². The molecule has 2 aromatic heterocycles. The SMILES string of the molecule is CC(C)c1c(C(=O)Nc2nc3ccccc3s2)nnn1-c1ccccc1F. The van der Waals surface area contributed by atoms with E-state index in [-0.39, 0.29) is 17.3 Å². The van der Waals surface area contributed by atoms with Crippen LogP contribution < -0.4 is 5.32 Å². The van der Waals surface area contributed by atoms with Gasteiger partial charge in [0.15, 0.2) is 10.8 Å². The van der Waals surface area contributed by atoms with Gasteiger partial charge in [0, 0.05) is 0 Å². The maximum atomic E-state index is 14.2. The van der Waals surface area contributed by atoms with Gasteiger partial charge < -0.3 is 0 Å². The van der Waals surface area contributed by atoms with Gasteiger partial charge in [-0.25, -0.2) is 14.1 Å². The molecule has 27 heavy (non-hydrogen) atoms. The molecule has 0 saturated carbocycles. The zero-order valence-corrected chi connectivity index (χ0v) is 15.5. The van der Waals surface area contributed by atoms with Crippen molar-refractivity contribution >= 4 is 32.6 Å². The fraction of sp³-hybridized carbons (Fsp3) is 0.158. The van der Waals surface area contributed by atoms with E-state index in [1.54, 1.807) is 18.2 Å². The van der Waals surface area contributed by atoms with Crippen LogP contribution in [0.3, 0.4) is 0 Å². The van der Waals surface area contributed by atoms with Crippen LogP contribution in [-0.2, 0) is 0 Å². The normalized spacial score (nSPS) is 11.3. The lowest BCUT2D eigenvalue weighted by molar-refractivity contribution is 0.102. The number of halogens is 1. The molecule has 0 bridgehead atoms. The van der Waals surface area contributed by atoms with Gasteiger partial charge >= 0.3 is 0 Å². The fourth-order valence-corrected chi connectivity index (χ4v) is 3.71. The van der Waals surface area contributed by atoms with E-state index in [0.717, 1.165) is 10.2 Å². The molecule has 0 saturated heterocycles. The molecule has 0 aliphatic carbocycles. The highest BCUT2D eigenvalue weighted by atomic mass is 32.1. The molecule has 1 amide bonds. The summed E-state index contributed by atoms with van der Waals surface area (Å²) in [6.45, 7) is 3.81. The number of carbonyl (C=O) groups is 1. The van der Waals surface area contributed by atoms with E-state index in [1.807, 2.05) is 38.1 Å². The summed E-state index contributed by atoms with van der Waals surface area (Å²) < 4.78 is 16.6. The summed E-state index contributed by atoms with van der Waals surface area (Å²) in [5.41, 5.74) is 1.77. The number of aromatic nitrogens is 4. The third-order valence-electron chi connectivity index (χ3n) is 4.06. The topological polar surface area (TPSA) is 72.7 Å². The zero-order chi connectivity index (χ0) is 19.0. The average molecular weight is 381 g/mol. The molecule has 0 fully saturated rings. The number of thiazole rings is 1. The highest BCUT2D eigenvalue weighted by Crippen LogP contribution is 2.27. The first-order chi connectivity index (χ1) is 13.0. The van der Waals surface area contributed by atoms with Crippen molar-refractivity contribution in [2.45, 2.75) is 19.8 Å². The molecule has 2 heterocycles. The van der Waals surface area contributed by atoms with Crippen LogP contribution in [-0.4, -0.2) is 25.9 Å². The summed E-state index contributed by atoms with van der Waals surface area (Å²) in [6, 6.07) is 13.9. The Hall–Kier alpha value is -3.13. The van der Waals surface area contributed by atoms with Gasteiger partial charge in [-0.05, 0) is 30.2 Å². The van der Waals surface area contributed by atoms with E-state index >= 15 is 0 Å². The maximum Gasteiger partial charge on any atom is 0.279 e. The lowest BCUT2D eigenvalue weighted by atomic mass is 10.1. The number of para-hydroxylation sites is 2. The van der Waals surface area contributed by atoms with Crippen molar-refractivity contribution in [2.24, 2.45) is 0 Å². The Morgan fingerprint density at radius 1 is 1.15 bits per heavy atom. The van der Waals surface area contributed by atoms with Crippen LogP contribution in [0.2, 0.25) is 0 Å². The third kappa shape index (κ3) is 3.19. The molecule has 1 N–H and O–H groups in total. The number of hydrogen-bond donors (Lipinski definition) is 1. The smallest absolute Gasteiger partial charge is 0.279 e. The van der Waals surface area contributed by atoms with Crippen LogP contribution in [0.5, 0.6) is 0 Å². The molecule has 0 spiro atoms. The second-order valence-electron chi connectivity index (χ2n) is 6.28. The Balaban J connectivity index is 1.71. The van der Waals surface area contributed by atoms with Gasteiger partial charge in [-0.3, -0.25) is 10.1 Å². The predicted octanol–water partition coefficient (Wildman–Crippen LogP) is 4.39. The van der Waals surface area contributed by atoms with Crippen molar-refractivity contribution in [3.8, 4) is 5.69 Å². The van der Waals surface area contributed by atoms with Crippen molar-refractivity contribution in [1.29, 1.82) is 0 Å². The molecular formula is C19H16FN5OS. The number of nitrogens with zero attached hydrogens (tertiary/aromatic N) is 4. The molecule has 2 aromatic carbocycles. The molecule has 6 nitrogen and oxygen atoms in total. The average Bonchev–Trinajstić information content (AvgIpc) is 3.25. The van der Waals surface area contributed by atoms with Crippen molar-refractivity contribution < 1.29 is 9.18 Å². The largest absolute Gasteiger partial charge is 0.296 e. The summed E-state index contributed by atoms with van der Waals surface area (Å²) in [6.07, 6.45) is 0. The number of benzene rings is 2. The minimum absolute atomic E-state index is 0.0873. The number of amides is 1. The first-order valence-corrected chi connectivity index (χ1v) is 9.23. The number of hydrogen-bond acceptors (Lipinski definition) is 5. The van der Waals surface area contributed by atoms with Gasteiger partial charge in [-0.15, -0.1) is 5.10 Å². The van der Waals surface area contributed by atoms with E-state index in [9.17, 15) is 9.18 Å². The van der Waals surface area contributed by atoms with E-state index in [0.29, 0.717) is 10.8 Å². The van der Waals surface area contributed by atoms with Crippen LogP contribution in [0.1, 0.15) is 35.9 Å².